The fraction of sp³-hybridized carbons (Fsp3) is 0.562. The molecule has 3 nitrogen and oxygen atoms in total. The van der Waals surface area contributed by atoms with Gasteiger partial charge in [0.1, 0.15) is 5.82 Å². The molecule has 0 amide bonds. The molecule has 0 bridgehead atoms. The Morgan fingerprint density at radius 1 is 1.15 bits per heavy atom. The molecule has 2 aliphatic heterocycles. The fourth-order valence-corrected chi connectivity index (χ4v) is 3.45. The van der Waals surface area contributed by atoms with Crippen LogP contribution in [0.3, 0.4) is 0 Å². The lowest BCUT2D eigenvalue weighted by Crippen LogP contribution is -2.40. The van der Waals surface area contributed by atoms with Gasteiger partial charge in [-0.05, 0) is 50.6 Å². The molecule has 2 heterocycles. The molecule has 1 aromatic rings. The van der Waals surface area contributed by atoms with Gasteiger partial charge in [0.25, 0.3) is 0 Å². The summed E-state index contributed by atoms with van der Waals surface area (Å²) in [5.74, 6) is -0.345. The van der Waals surface area contributed by atoms with Gasteiger partial charge in [-0.2, -0.15) is 0 Å². The number of benzene rings is 1. The molecule has 1 aromatic carbocycles. The van der Waals surface area contributed by atoms with Crippen molar-refractivity contribution in [1.82, 2.24) is 4.90 Å². The summed E-state index contributed by atoms with van der Waals surface area (Å²) in [4.78, 5) is 15.9. The van der Waals surface area contributed by atoms with Gasteiger partial charge in [-0.25, -0.2) is 4.39 Å². The molecule has 0 spiro atoms. The number of piperidine rings is 1. The van der Waals surface area contributed by atoms with Crippen LogP contribution in [0.25, 0.3) is 0 Å². The first kappa shape index (κ1) is 13.6. The third-order valence-electron chi connectivity index (χ3n) is 4.53. The van der Waals surface area contributed by atoms with E-state index in [0.29, 0.717) is 11.6 Å². The molecule has 108 valence electrons. The van der Waals surface area contributed by atoms with Crippen molar-refractivity contribution in [3.05, 3.63) is 29.6 Å². The van der Waals surface area contributed by atoms with E-state index in [1.54, 1.807) is 6.07 Å². The summed E-state index contributed by atoms with van der Waals surface area (Å²) in [6, 6.07) is 5.09. The van der Waals surface area contributed by atoms with Gasteiger partial charge in [-0.15, -0.1) is 0 Å². The zero-order valence-electron chi connectivity index (χ0n) is 11.7. The van der Waals surface area contributed by atoms with Crippen molar-refractivity contribution >= 4 is 12.0 Å². The average molecular weight is 276 g/mol. The normalized spacial score (nSPS) is 24.1. The number of hydrogen-bond acceptors (Lipinski definition) is 3. The van der Waals surface area contributed by atoms with Gasteiger partial charge in [-0.1, -0.05) is 6.42 Å². The maximum atomic E-state index is 13.2. The molecule has 2 aliphatic rings. The van der Waals surface area contributed by atoms with Gasteiger partial charge in [0.2, 0.25) is 0 Å². The van der Waals surface area contributed by atoms with Crippen molar-refractivity contribution in [2.45, 2.75) is 31.7 Å². The molecule has 0 aliphatic carbocycles. The van der Waals surface area contributed by atoms with E-state index >= 15 is 0 Å². The Bertz CT molecular complexity index is 485. The van der Waals surface area contributed by atoms with Crippen molar-refractivity contribution in [3.8, 4) is 0 Å². The summed E-state index contributed by atoms with van der Waals surface area (Å²) in [7, 11) is 0. The molecule has 1 atom stereocenters. The molecule has 0 saturated carbocycles. The molecule has 3 rings (SSSR count). The Labute approximate surface area is 119 Å². The number of rotatable bonds is 3. The predicted octanol–water partition coefficient (Wildman–Crippen LogP) is 2.70. The highest BCUT2D eigenvalue weighted by Gasteiger charge is 2.29. The minimum atomic E-state index is -0.345. The van der Waals surface area contributed by atoms with E-state index in [1.165, 1.54) is 44.5 Å². The molecule has 2 fully saturated rings. The first-order chi connectivity index (χ1) is 9.78. The minimum absolute atomic E-state index is 0.345. The lowest BCUT2D eigenvalue weighted by Gasteiger charge is -2.32. The van der Waals surface area contributed by atoms with E-state index in [-0.39, 0.29) is 5.82 Å². The third kappa shape index (κ3) is 2.70. The molecular weight excluding hydrogens is 255 g/mol. The Morgan fingerprint density at radius 3 is 2.70 bits per heavy atom. The van der Waals surface area contributed by atoms with Crippen LogP contribution in [-0.4, -0.2) is 43.4 Å². The highest BCUT2D eigenvalue weighted by molar-refractivity contribution is 5.84. The summed E-state index contributed by atoms with van der Waals surface area (Å²) in [5, 5.41) is 0. The summed E-state index contributed by atoms with van der Waals surface area (Å²) in [6.45, 7) is 4.30. The molecule has 0 aromatic heterocycles. The topological polar surface area (TPSA) is 23.6 Å². The number of hydrogen-bond donors (Lipinski definition) is 0. The number of carbonyl (C=O) groups is 1. The Hall–Kier alpha value is -1.42. The Morgan fingerprint density at radius 2 is 1.95 bits per heavy atom. The lowest BCUT2D eigenvalue weighted by atomic mass is 10.1. The van der Waals surface area contributed by atoms with Crippen molar-refractivity contribution in [1.29, 1.82) is 0 Å². The number of nitrogens with zero attached hydrogens (tertiary/aromatic N) is 2. The zero-order valence-corrected chi connectivity index (χ0v) is 11.7. The summed E-state index contributed by atoms with van der Waals surface area (Å²) in [5.41, 5.74) is 1.34. The highest BCUT2D eigenvalue weighted by atomic mass is 19.1. The number of carbonyl (C=O) groups excluding carboxylic acids is 1. The number of anilines is 1. The SMILES string of the molecule is O=Cc1cc(F)ccc1N1CCC(N2CCCCC2)C1. The van der Waals surface area contributed by atoms with Crippen LogP contribution in [-0.2, 0) is 0 Å². The summed E-state index contributed by atoms with van der Waals surface area (Å²) in [6.07, 6.45) is 5.84. The van der Waals surface area contributed by atoms with Crippen molar-refractivity contribution in [2.24, 2.45) is 0 Å². The molecular formula is C16H21FN2O. The minimum Gasteiger partial charge on any atom is -0.369 e. The van der Waals surface area contributed by atoms with E-state index in [0.717, 1.165) is 31.5 Å². The average Bonchev–Trinajstić information content (AvgIpc) is 2.97. The molecule has 0 radical (unpaired) electrons. The van der Waals surface area contributed by atoms with Crippen LogP contribution in [0.5, 0.6) is 0 Å². The number of halogens is 1. The summed E-state index contributed by atoms with van der Waals surface area (Å²) < 4.78 is 13.2. The van der Waals surface area contributed by atoms with Gasteiger partial charge in [0.05, 0.1) is 0 Å². The van der Waals surface area contributed by atoms with Gasteiger partial charge in [0.15, 0.2) is 6.29 Å². The van der Waals surface area contributed by atoms with E-state index in [1.807, 2.05) is 0 Å². The molecule has 4 heteroatoms. The number of likely N-dealkylation sites (tertiary alicyclic amines) is 1. The standard InChI is InChI=1S/C16H21FN2O/c17-14-4-5-16(13(10-14)12-20)19-9-6-15(11-19)18-7-2-1-3-8-18/h4-5,10,12,15H,1-3,6-9,11H2. The van der Waals surface area contributed by atoms with Crippen LogP contribution < -0.4 is 4.90 Å². The Kier molecular flexibility index (Phi) is 4.01. The van der Waals surface area contributed by atoms with E-state index in [2.05, 4.69) is 9.80 Å². The second-order valence-corrected chi connectivity index (χ2v) is 5.81. The van der Waals surface area contributed by atoms with Crippen molar-refractivity contribution in [3.63, 3.8) is 0 Å². The Balaban J connectivity index is 1.71. The predicted molar refractivity (Wildman–Crippen MR) is 77.8 cm³/mol. The van der Waals surface area contributed by atoms with E-state index in [9.17, 15) is 9.18 Å². The monoisotopic (exact) mass is 276 g/mol. The number of aldehydes is 1. The van der Waals surface area contributed by atoms with E-state index in [4.69, 9.17) is 0 Å². The third-order valence-corrected chi connectivity index (χ3v) is 4.53. The summed E-state index contributed by atoms with van der Waals surface area (Å²) >= 11 is 0. The lowest BCUT2D eigenvalue weighted by molar-refractivity contribution is 0.112. The maximum absolute atomic E-state index is 13.2. The van der Waals surface area contributed by atoms with Crippen molar-refractivity contribution in [2.75, 3.05) is 31.1 Å². The molecule has 0 N–H and O–H groups in total. The fourth-order valence-electron chi connectivity index (χ4n) is 3.45. The smallest absolute Gasteiger partial charge is 0.152 e. The van der Waals surface area contributed by atoms with Gasteiger partial charge in [0, 0.05) is 30.4 Å². The van der Waals surface area contributed by atoms with Crippen LogP contribution in [0.4, 0.5) is 10.1 Å². The quantitative estimate of drug-likeness (QED) is 0.793. The highest BCUT2D eigenvalue weighted by Crippen LogP contribution is 2.27. The van der Waals surface area contributed by atoms with E-state index < -0.39 is 0 Å². The second kappa shape index (κ2) is 5.92. The van der Waals surface area contributed by atoms with Crippen LogP contribution in [0.15, 0.2) is 18.2 Å². The van der Waals surface area contributed by atoms with Crippen LogP contribution in [0.2, 0.25) is 0 Å². The molecule has 20 heavy (non-hydrogen) atoms. The maximum Gasteiger partial charge on any atom is 0.152 e. The van der Waals surface area contributed by atoms with Crippen LogP contribution >= 0.6 is 0 Å². The first-order valence-corrected chi connectivity index (χ1v) is 7.51. The van der Waals surface area contributed by atoms with Gasteiger partial charge < -0.3 is 4.90 Å². The van der Waals surface area contributed by atoms with Crippen LogP contribution in [0, 0.1) is 5.82 Å². The molecule has 1 unspecified atom stereocenters. The van der Waals surface area contributed by atoms with Crippen LogP contribution in [0.1, 0.15) is 36.0 Å². The van der Waals surface area contributed by atoms with Gasteiger partial charge >= 0.3 is 0 Å². The molecule has 2 saturated heterocycles. The zero-order chi connectivity index (χ0) is 13.9. The first-order valence-electron chi connectivity index (χ1n) is 7.51. The van der Waals surface area contributed by atoms with Gasteiger partial charge in [-0.3, -0.25) is 9.69 Å². The van der Waals surface area contributed by atoms with Crippen molar-refractivity contribution < 1.29 is 9.18 Å². The largest absolute Gasteiger partial charge is 0.369 e. The second-order valence-electron chi connectivity index (χ2n) is 5.81.